The number of carbonyl (C=O) groups excluding carboxylic acids is 2. The van der Waals surface area contributed by atoms with Crippen LogP contribution in [0, 0.1) is 0 Å². The fourth-order valence-corrected chi connectivity index (χ4v) is 4.10. The third-order valence-corrected chi connectivity index (χ3v) is 5.88. The van der Waals surface area contributed by atoms with Gasteiger partial charge in [-0.3, -0.25) is 4.79 Å². The number of hydrogen-bond acceptors (Lipinski definition) is 6. The smallest absolute Gasteiger partial charge is 0.407 e. The van der Waals surface area contributed by atoms with Crippen LogP contribution in [0.1, 0.15) is 34.7 Å². The summed E-state index contributed by atoms with van der Waals surface area (Å²) in [5, 5.41) is 8.95. The highest BCUT2D eigenvalue weighted by Crippen LogP contribution is 2.33. The number of amides is 2. The van der Waals surface area contributed by atoms with Crippen LogP contribution in [-0.4, -0.2) is 22.0 Å². The maximum atomic E-state index is 12.2. The zero-order valence-corrected chi connectivity index (χ0v) is 19.0. The number of nitrogens with zero attached hydrogens (tertiary/aromatic N) is 2. The van der Waals surface area contributed by atoms with E-state index < -0.39 is 6.09 Å². The van der Waals surface area contributed by atoms with E-state index in [1.165, 1.54) is 0 Å². The largest absolute Gasteiger partial charge is 0.445 e. The lowest BCUT2D eigenvalue weighted by Gasteiger charge is -2.20. The number of alkyl carbamates (subject to hydrolysis) is 1. The first-order valence-electron chi connectivity index (χ1n) is 11.5. The Hall–Kier alpha value is -4.46. The van der Waals surface area contributed by atoms with Gasteiger partial charge in [-0.15, -0.1) is 0 Å². The van der Waals surface area contributed by atoms with Crippen LogP contribution in [-0.2, 0) is 29.1 Å². The van der Waals surface area contributed by atoms with Crippen LogP contribution in [0.25, 0.3) is 0 Å². The Morgan fingerprint density at radius 3 is 2.74 bits per heavy atom. The molecule has 1 atom stereocenters. The molecular weight excluding hydrogens is 442 g/mol. The van der Waals surface area contributed by atoms with Crippen molar-refractivity contribution in [1.82, 2.24) is 20.6 Å². The van der Waals surface area contributed by atoms with E-state index in [1.807, 2.05) is 66.7 Å². The number of ether oxygens (including phenoxy) is 1. The van der Waals surface area contributed by atoms with Crippen LogP contribution in [0.15, 0.2) is 84.7 Å². The molecule has 0 bridgehead atoms. The molecule has 3 aromatic rings. The molecule has 1 aliphatic carbocycles. The molecule has 0 saturated heterocycles. The molecule has 3 N–H and O–H groups in total. The van der Waals surface area contributed by atoms with Crippen molar-refractivity contribution in [2.24, 2.45) is 0 Å². The number of hydrogen-bond donors (Lipinski definition) is 3. The average Bonchev–Trinajstić information content (AvgIpc) is 3.03. The molecule has 5 rings (SSSR count). The fraction of sp³-hybridized carbons (Fsp3) is 0.185. The third-order valence-electron chi connectivity index (χ3n) is 5.88. The molecule has 0 spiro atoms. The molecular formula is C27H25N5O3. The van der Waals surface area contributed by atoms with Crippen molar-refractivity contribution in [2.45, 2.75) is 31.9 Å². The van der Waals surface area contributed by atoms with Gasteiger partial charge in [0.15, 0.2) is 0 Å². The Labute approximate surface area is 203 Å². The normalized spacial score (nSPS) is 16.2. The zero-order valence-electron chi connectivity index (χ0n) is 19.0. The van der Waals surface area contributed by atoms with E-state index in [9.17, 15) is 9.59 Å². The number of benzene rings is 2. The Bertz CT molecular complexity index is 1290. The van der Waals surface area contributed by atoms with Crippen molar-refractivity contribution in [3.63, 3.8) is 0 Å². The summed E-state index contributed by atoms with van der Waals surface area (Å²) in [5.74, 6) is 0.431. The number of fused-ring (bicyclic) bond motifs is 3. The predicted octanol–water partition coefficient (Wildman–Crippen LogP) is 4.25. The minimum atomic E-state index is -0.464. The lowest BCUT2D eigenvalue weighted by atomic mass is 9.91. The van der Waals surface area contributed by atoms with Crippen molar-refractivity contribution in [2.75, 3.05) is 5.32 Å². The zero-order chi connectivity index (χ0) is 24.0. The monoisotopic (exact) mass is 467 g/mol. The van der Waals surface area contributed by atoms with Gasteiger partial charge in [0, 0.05) is 35.6 Å². The molecule has 2 aromatic carbocycles. The Morgan fingerprint density at radius 2 is 1.91 bits per heavy atom. The second-order valence-corrected chi connectivity index (χ2v) is 8.40. The molecule has 35 heavy (non-hydrogen) atoms. The summed E-state index contributed by atoms with van der Waals surface area (Å²) in [4.78, 5) is 33.3. The van der Waals surface area contributed by atoms with E-state index in [0.717, 1.165) is 40.2 Å². The Balaban J connectivity index is 1.19. The van der Waals surface area contributed by atoms with Gasteiger partial charge in [0.25, 0.3) is 0 Å². The molecule has 0 fully saturated rings. The molecule has 2 aliphatic rings. The Morgan fingerprint density at radius 1 is 1.09 bits per heavy atom. The summed E-state index contributed by atoms with van der Waals surface area (Å²) in [6.45, 7) is 0.587. The molecule has 1 aromatic heterocycles. The summed E-state index contributed by atoms with van der Waals surface area (Å²) in [6.07, 6.45) is 8.26. The summed E-state index contributed by atoms with van der Waals surface area (Å²) < 4.78 is 5.30. The maximum Gasteiger partial charge on any atom is 0.407 e. The fourth-order valence-electron chi connectivity index (χ4n) is 4.10. The molecule has 1 unspecified atom stereocenters. The number of allylic oxidation sites excluding steroid dienone is 4. The van der Waals surface area contributed by atoms with Crippen molar-refractivity contribution in [1.29, 1.82) is 0 Å². The molecule has 1 aliphatic heterocycles. The van der Waals surface area contributed by atoms with Crippen LogP contribution >= 0.6 is 0 Å². The second-order valence-electron chi connectivity index (χ2n) is 8.40. The van der Waals surface area contributed by atoms with E-state index in [0.29, 0.717) is 12.5 Å². The van der Waals surface area contributed by atoms with E-state index >= 15 is 0 Å². The van der Waals surface area contributed by atoms with Gasteiger partial charge < -0.3 is 20.7 Å². The van der Waals surface area contributed by atoms with E-state index in [-0.39, 0.29) is 24.9 Å². The first-order valence-corrected chi connectivity index (χ1v) is 11.5. The summed E-state index contributed by atoms with van der Waals surface area (Å²) in [7, 11) is 0. The highest BCUT2D eigenvalue weighted by atomic mass is 16.5. The topological polar surface area (TPSA) is 105 Å². The van der Waals surface area contributed by atoms with Crippen molar-refractivity contribution in [3.8, 4) is 0 Å². The average molecular weight is 468 g/mol. The molecule has 0 radical (unpaired) electrons. The summed E-state index contributed by atoms with van der Waals surface area (Å²) in [6, 6.07) is 17.2. The summed E-state index contributed by atoms with van der Waals surface area (Å²) >= 11 is 0. The molecule has 8 heteroatoms. The number of nitrogens with one attached hydrogen (secondary N) is 3. The molecule has 0 saturated carbocycles. The minimum absolute atomic E-state index is 0.0116. The van der Waals surface area contributed by atoms with Gasteiger partial charge in [0.05, 0.1) is 12.1 Å². The van der Waals surface area contributed by atoms with Gasteiger partial charge in [-0.2, -0.15) is 0 Å². The molecule has 2 amide bonds. The van der Waals surface area contributed by atoms with Gasteiger partial charge in [-0.25, -0.2) is 14.8 Å². The Kier molecular flexibility index (Phi) is 6.52. The number of carbonyl (C=O) groups is 2. The maximum absolute atomic E-state index is 12.2. The van der Waals surface area contributed by atoms with Gasteiger partial charge in [-0.1, -0.05) is 54.6 Å². The lowest BCUT2D eigenvalue weighted by molar-refractivity contribution is -0.119. The highest BCUT2D eigenvalue weighted by molar-refractivity contribution is 5.82. The van der Waals surface area contributed by atoms with E-state index in [4.69, 9.17) is 9.72 Å². The van der Waals surface area contributed by atoms with Crippen LogP contribution in [0.3, 0.4) is 0 Å². The standard InChI is InChI=1S/C27H25N5O3/c33-24-14-20-16-28-26(32-25(20)22-8-4-5-9-23(22)31-24)30-21-12-10-19(11-13-21)17-35-27(34)29-15-18-6-2-1-3-7-18/h1-7,9-13,16,22H,8,14-15,17H2,(H,29,34)(H,31,33)(H,28,30,32). The first kappa shape index (κ1) is 22.3. The van der Waals surface area contributed by atoms with Crippen molar-refractivity contribution < 1.29 is 14.3 Å². The number of anilines is 2. The van der Waals surface area contributed by atoms with E-state index in [2.05, 4.69) is 27.0 Å². The lowest BCUT2D eigenvalue weighted by Crippen LogP contribution is -2.25. The van der Waals surface area contributed by atoms with Crippen molar-refractivity contribution in [3.05, 3.63) is 107 Å². The minimum Gasteiger partial charge on any atom is -0.445 e. The molecule has 176 valence electrons. The number of aromatic nitrogens is 2. The van der Waals surface area contributed by atoms with Crippen LogP contribution in [0.2, 0.25) is 0 Å². The SMILES string of the molecule is O=C1Cc2cnc(Nc3ccc(COC(=O)NCc4ccccc4)cc3)nc2C2CC=CC=C2N1. The van der Waals surface area contributed by atoms with Gasteiger partial charge in [-0.05, 0) is 35.8 Å². The highest BCUT2D eigenvalue weighted by Gasteiger charge is 2.28. The van der Waals surface area contributed by atoms with Gasteiger partial charge >= 0.3 is 6.09 Å². The predicted molar refractivity (Wildman–Crippen MR) is 132 cm³/mol. The van der Waals surface area contributed by atoms with Gasteiger partial charge in [0.2, 0.25) is 11.9 Å². The van der Waals surface area contributed by atoms with Crippen LogP contribution < -0.4 is 16.0 Å². The second kappa shape index (κ2) is 10.2. The number of rotatable bonds is 6. The first-order chi connectivity index (χ1) is 17.1. The quantitative estimate of drug-likeness (QED) is 0.501. The van der Waals surface area contributed by atoms with Gasteiger partial charge in [0.1, 0.15) is 6.61 Å². The van der Waals surface area contributed by atoms with Crippen LogP contribution in [0.5, 0.6) is 0 Å². The van der Waals surface area contributed by atoms with Crippen LogP contribution in [0.4, 0.5) is 16.4 Å². The van der Waals surface area contributed by atoms with Crippen molar-refractivity contribution >= 4 is 23.6 Å². The third kappa shape index (κ3) is 5.55. The van der Waals surface area contributed by atoms with E-state index in [1.54, 1.807) is 6.20 Å². The summed E-state index contributed by atoms with van der Waals surface area (Å²) in [5.41, 5.74) is 5.26. The molecule has 8 nitrogen and oxygen atoms in total. The molecule has 2 heterocycles.